The van der Waals surface area contributed by atoms with Crippen LogP contribution in [0.25, 0.3) is 11.1 Å². The van der Waals surface area contributed by atoms with Gasteiger partial charge in [-0.15, -0.1) is 0 Å². The van der Waals surface area contributed by atoms with Gasteiger partial charge >= 0.3 is 0 Å². The standard InChI is InChI=1S/C39H47N3.C2H6S/c1-5-41(6-2)33-19-15-29(16-20-33)39(30-17-21-34(22-18-30)42(7-3)8-4)37-23-24-38(36-12-10-9-11-35(36)37)40-27-32-26-28-13-14-31(32)25-28;1-2-3/h9-12,15-24,28,31-32H,5-8,13-14,25-27H2,1-4H3;3H,2H2,1H3/p+1. The van der Waals surface area contributed by atoms with Crippen LogP contribution < -0.4 is 14.8 Å². The van der Waals surface area contributed by atoms with E-state index in [2.05, 4.69) is 140 Å². The van der Waals surface area contributed by atoms with E-state index >= 15 is 0 Å². The lowest BCUT2D eigenvalue weighted by Crippen LogP contribution is -2.75. The van der Waals surface area contributed by atoms with E-state index in [0.29, 0.717) is 0 Å². The van der Waals surface area contributed by atoms with Crippen LogP contribution in [0.4, 0.5) is 11.4 Å². The highest BCUT2D eigenvalue weighted by atomic mass is 32.1. The van der Waals surface area contributed by atoms with Gasteiger partial charge in [0.2, 0.25) is 5.71 Å². The van der Waals surface area contributed by atoms with E-state index in [1.807, 2.05) is 6.92 Å². The SMILES string of the molecule is CCN(CC)c1ccc(C(=C2C=CC(=[NH+]CC3CC4CCC3C4)c3ccccc32)c2ccc(N(CC)CC)cc2)cc1.CCS. The zero-order valence-corrected chi connectivity index (χ0v) is 29.1. The lowest BCUT2D eigenvalue weighted by Gasteiger charge is -2.24. The maximum Gasteiger partial charge on any atom is 0.206 e. The monoisotopic (exact) mass is 620 g/mol. The summed E-state index contributed by atoms with van der Waals surface area (Å²) in [6.07, 6.45) is 10.5. The van der Waals surface area contributed by atoms with Crippen LogP contribution in [0.3, 0.4) is 0 Å². The van der Waals surface area contributed by atoms with E-state index in [4.69, 9.17) is 0 Å². The van der Waals surface area contributed by atoms with Crippen LogP contribution >= 0.6 is 12.6 Å². The predicted molar refractivity (Wildman–Crippen MR) is 200 cm³/mol. The first-order valence-electron chi connectivity index (χ1n) is 17.5. The quantitative estimate of drug-likeness (QED) is 0.223. The molecule has 3 unspecified atom stereocenters. The summed E-state index contributed by atoms with van der Waals surface area (Å²) in [4.78, 5) is 8.73. The Bertz CT molecular complexity index is 1420. The number of rotatable bonds is 10. The van der Waals surface area contributed by atoms with Gasteiger partial charge in [-0.2, -0.15) is 12.6 Å². The molecule has 0 saturated heterocycles. The molecule has 0 amide bonds. The Kier molecular flexibility index (Phi) is 11.7. The molecule has 0 heterocycles. The summed E-state index contributed by atoms with van der Waals surface area (Å²) in [5, 5.41) is 0. The summed E-state index contributed by atoms with van der Waals surface area (Å²) in [6.45, 7) is 16.1. The fourth-order valence-corrected chi connectivity index (χ4v) is 7.87. The molecule has 0 spiro atoms. The van der Waals surface area contributed by atoms with Crippen molar-refractivity contribution in [2.45, 2.75) is 60.3 Å². The second-order valence-corrected chi connectivity index (χ2v) is 13.3. The van der Waals surface area contributed by atoms with Gasteiger partial charge in [0.1, 0.15) is 6.54 Å². The van der Waals surface area contributed by atoms with Gasteiger partial charge in [0.25, 0.3) is 0 Å². The smallest absolute Gasteiger partial charge is 0.206 e. The van der Waals surface area contributed by atoms with E-state index in [0.717, 1.165) is 56.2 Å². The molecule has 3 aromatic carbocycles. The van der Waals surface area contributed by atoms with Crippen molar-refractivity contribution in [3.05, 3.63) is 107 Å². The largest absolute Gasteiger partial charge is 0.372 e. The van der Waals surface area contributed by atoms with E-state index in [9.17, 15) is 0 Å². The molecule has 3 nitrogen and oxygen atoms in total. The minimum Gasteiger partial charge on any atom is -0.372 e. The lowest BCUT2D eigenvalue weighted by atomic mass is 9.83. The molecule has 3 aliphatic carbocycles. The number of fused-ring (bicyclic) bond motifs is 3. The number of hydrogen-bond donors (Lipinski definition) is 2. The summed E-state index contributed by atoms with van der Waals surface area (Å²) >= 11 is 3.79. The van der Waals surface area contributed by atoms with E-state index in [-0.39, 0.29) is 0 Å². The minimum atomic E-state index is 0.831. The molecule has 3 aromatic rings. The number of thiol groups is 1. The van der Waals surface area contributed by atoms with Gasteiger partial charge in [0.15, 0.2) is 0 Å². The van der Waals surface area contributed by atoms with Gasteiger partial charge < -0.3 is 9.80 Å². The average Bonchev–Trinajstić information content (AvgIpc) is 3.71. The molecule has 4 heteroatoms. The Balaban J connectivity index is 0.00000128. The van der Waals surface area contributed by atoms with Crippen molar-refractivity contribution in [1.82, 2.24) is 0 Å². The molecule has 45 heavy (non-hydrogen) atoms. The van der Waals surface area contributed by atoms with Gasteiger partial charge in [-0.05, 0) is 129 Å². The number of allylic oxidation sites excluding steroid dienone is 3. The zero-order chi connectivity index (χ0) is 31.8. The zero-order valence-electron chi connectivity index (χ0n) is 28.2. The number of benzene rings is 3. The average molecular weight is 621 g/mol. The predicted octanol–water partition coefficient (Wildman–Crippen LogP) is 8.15. The van der Waals surface area contributed by atoms with Gasteiger partial charge in [0, 0.05) is 49.5 Å². The van der Waals surface area contributed by atoms with Crippen LogP contribution in [-0.4, -0.2) is 44.2 Å². The highest BCUT2D eigenvalue weighted by molar-refractivity contribution is 7.80. The third kappa shape index (κ3) is 7.43. The lowest BCUT2D eigenvalue weighted by molar-refractivity contribution is -0.466. The number of nitrogens with zero attached hydrogens (tertiary/aromatic N) is 2. The molecule has 2 saturated carbocycles. The van der Waals surface area contributed by atoms with Crippen LogP contribution in [0.15, 0.2) is 84.9 Å². The number of nitrogens with one attached hydrogen (secondary N) is 1. The van der Waals surface area contributed by atoms with Crippen molar-refractivity contribution in [3.8, 4) is 0 Å². The molecule has 0 radical (unpaired) electrons. The highest BCUT2D eigenvalue weighted by Crippen LogP contribution is 2.47. The van der Waals surface area contributed by atoms with Gasteiger partial charge in [0.05, 0.1) is 5.56 Å². The first kappa shape index (κ1) is 33.1. The highest BCUT2D eigenvalue weighted by Gasteiger charge is 2.40. The van der Waals surface area contributed by atoms with Crippen LogP contribution in [0.2, 0.25) is 0 Å². The van der Waals surface area contributed by atoms with E-state index in [1.54, 1.807) is 0 Å². The maximum absolute atomic E-state index is 3.91. The molecule has 238 valence electrons. The molecular formula is C41H54N3S+. The Labute approximate surface area is 278 Å². The van der Waals surface area contributed by atoms with E-state index in [1.165, 1.54) is 76.2 Å². The first-order valence-corrected chi connectivity index (χ1v) is 18.1. The molecule has 3 aliphatic rings. The van der Waals surface area contributed by atoms with Crippen LogP contribution in [0.5, 0.6) is 0 Å². The van der Waals surface area contributed by atoms with Crippen molar-refractivity contribution in [2.75, 3.05) is 48.3 Å². The summed E-state index contributed by atoms with van der Waals surface area (Å²) in [5.74, 6) is 3.70. The number of anilines is 2. The maximum atomic E-state index is 3.91. The fourth-order valence-electron chi connectivity index (χ4n) is 7.87. The number of hydrogen-bond acceptors (Lipinski definition) is 3. The second kappa shape index (κ2) is 15.9. The van der Waals surface area contributed by atoms with E-state index < -0.39 is 0 Å². The molecule has 2 bridgehead atoms. The third-order valence-corrected chi connectivity index (χ3v) is 10.2. The third-order valence-electron chi connectivity index (χ3n) is 10.2. The summed E-state index contributed by atoms with van der Waals surface area (Å²) < 4.78 is 0. The molecule has 3 atom stereocenters. The molecule has 0 aliphatic heterocycles. The Morgan fingerprint density at radius 1 is 0.689 bits per heavy atom. The molecule has 2 fully saturated rings. The summed E-state index contributed by atoms with van der Waals surface area (Å²) in [7, 11) is 0. The summed E-state index contributed by atoms with van der Waals surface area (Å²) in [6, 6.07) is 27.4. The van der Waals surface area contributed by atoms with Gasteiger partial charge in [-0.1, -0.05) is 55.8 Å². The Morgan fingerprint density at radius 3 is 1.69 bits per heavy atom. The van der Waals surface area contributed by atoms with Crippen molar-refractivity contribution < 1.29 is 4.99 Å². The second-order valence-electron chi connectivity index (χ2n) is 12.7. The van der Waals surface area contributed by atoms with Crippen LogP contribution in [-0.2, 0) is 0 Å². The van der Waals surface area contributed by atoms with Crippen molar-refractivity contribution in [3.63, 3.8) is 0 Å². The Hall–Kier alpha value is -3.24. The molecular weight excluding hydrogens is 567 g/mol. The minimum absolute atomic E-state index is 0.831. The van der Waals surface area contributed by atoms with Gasteiger partial charge in [-0.3, -0.25) is 0 Å². The van der Waals surface area contributed by atoms with Crippen LogP contribution in [0.1, 0.15) is 82.6 Å². The molecule has 1 N–H and O–H groups in total. The normalized spacial score (nSPS) is 20.5. The summed E-state index contributed by atoms with van der Waals surface area (Å²) in [5.41, 5.74) is 11.6. The van der Waals surface area contributed by atoms with Crippen molar-refractivity contribution in [1.29, 1.82) is 0 Å². The topological polar surface area (TPSA) is 20.5 Å². The van der Waals surface area contributed by atoms with Gasteiger partial charge in [-0.25, -0.2) is 4.99 Å². The molecule has 6 rings (SSSR count). The van der Waals surface area contributed by atoms with Crippen molar-refractivity contribution in [2.24, 2.45) is 17.8 Å². The Morgan fingerprint density at radius 2 is 1.22 bits per heavy atom. The molecule has 0 aromatic heterocycles. The van der Waals surface area contributed by atoms with Crippen molar-refractivity contribution >= 4 is 40.9 Å². The fraction of sp³-hybridized carbons (Fsp3) is 0.439. The first-order chi connectivity index (χ1) is 22.0. The van der Waals surface area contributed by atoms with Crippen LogP contribution in [0, 0.1) is 17.8 Å².